The molecule has 0 bridgehead atoms. The fourth-order valence-corrected chi connectivity index (χ4v) is 2.25. The lowest BCUT2D eigenvalue weighted by molar-refractivity contribution is 0.358. The number of hydrogen-bond acceptors (Lipinski definition) is 1. The van der Waals surface area contributed by atoms with E-state index in [1.54, 1.807) is 0 Å². The molecular weight excluding hydrogens is 233 g/mol. The van der Waals surface area contributed by atoms with Gasteiger partial charge in [-0.05, 0) is 23.6 Å². The summed E-state index contributed by atoms with van der Waals surface area (Å²) < 4.78 is 13.5. The molecule has 2 rings (SSSR count). The van der Waals surface area contributed by atoms with Crippen LogP contribution in [0.3, 0.4) is 0 Å². The molecule has 1 aromatic rings. The molecule has 1 aromatic carbocycles. The summed E-state index contributed by atoms with van der Waals surface area (Å²) in [5.41, 5.74) is 2.53. The molecule has 1 N–H and O–H groups in total. The summed E-state index contributed by atoms with van der Waals surface area (Å²) in [6.07, 6.45) is 0.785. The van der Waals surface area contributed by atoms with Crippen molar-refractivity contribution in [3.8, 4) is 0 Å². The third-order valence-electron chi connectivity index (χ3n) is 2.43. The highest BCUT2D eigenvalue weighted by atomic mass is 79.9. The molecule has 1 unspecified atom stereocenters. The number of fused-ring (bicyclic) bond motifs is 1. The summed E-state index contributed by atoms with van der Waals surface area (Å²) in [4.78, 5) is 0. The van der Waals surface area contributed by atoms with E-state index in [0.29, 0.717) is 0 Å². The highest BCUT2D eigenvalue weighted by molar-refractivity contribution is 9.10. The van der Waals surface area contributed by atoms with E-state index in [1.807, 2.05) is 12.1 Å². The van der Waals surface area contributed by atoms with Crippen LogP contribution in [-0.4, -0.2) is 12.7 Å². The summed E-state index contributed by atoms with van der Waals surface area (Å²) in [5, 5.41) is 3.16. The Morgan fingerprint density at radius 1 is 1.54 bits per heavy atom. The number of halogens is 2. The first-order chi connectivity index (χ1) is 6.31. The van der Waals surface area contributed by atoms with Crippen LogP contribution >= 0.6 is 15.9 Å². The lowest BCUT2D eigenvalue weighted by Gasteiger charge is -2.24. The van der Waals surface area contributed by atoms with E-state index in [1.165, 1.54) is 11.1 Å². The van der Waals surface area contributed by atoms with E-state index < -0.39 is 0 Å². The van der Waals surface area contributed by atoms with Gasteiger partial charge in [-0.1, -0.05) is 28.1 Å². The Bertz CT molecular complexity index is 314. The van der Waals surface area contributed by atoms with Gasteiger partial charge in [-0.2, -0.15) is 0 Å². The van der Waals surface area contributed by atoms with Crippen molar-refractivity contribution in [1.82, 2.24) is 5.32 Å². The van der Waals surface area contributed by atoms with Crippen LogP contribution in [0.2, 0.25) is 0 Å². The van der Waals surface area contributed by atoms with E-state index in [9.17, 15) is 4.39 Å². The van der Waals surface area contributed by atoms with E-state index in [-0.39, 0.29) is 12.7 Å². The Kier molecular flexibility index (Phi) is 2.65. The van der Waals surface area contributed by atoms with Crippen molar-refractivity contribution >= 4 is 15.9 Å². The predicted octanol–water partition coefficient (Wildman–Crippen LogP) is 2.43. The maximum absolute atomic E-state index is 12.4. The first-order valence-electron chi connectivity index (χ1n) is 4.37. The smallest absolute Gasteiger partial charge is 0.105 e. The van der Waals surface area contributed by atoms with Gasteiger partial charge in [0.1, 0.15) is 6.67 Å². The summed E-state index contributed by atoms with van der Waals surface area (Å²) in [6.45, 7) is 0.490. The van der Waals surface area contributed by atoms with Crippen LogP contribution in [0.15, 0.2) is 22.7 Å². The Morgan fingerprint density at radius 2 is 2.38 bits per heavy atom. The minimum Gasteiger partial charge on any atom is -0.307 e. The number of hydrogen-bond donors (Lipinski definition) is 1. The highest BCUT2D eigenvalue weighted by Gasteiger charge is 2.18. The van der Waals surface area contributed by atoms with E-state index >= 15 is 0 Å². The zero-order valence-corrected chi connectivity index (χ0v) is 8.77. The van der Waals surface area contributed by atoms with Crippen LogP contribution < -0.4 is 5.32 Å². The largest absolute Gasteiger partial charge is 0.307 e. The maximum Gasteiger partial charge on any atom is 0.105 e. The summed E-state index contributed by atoms with van der Waals surface area (Å²) >= 11 is 3.49. The van der Waals surface area contributed by atoms with Crippen molar-refractivity contribution in [3.05, 3.63) is 33.8 Å². The minimum absolute atomic E-state index is 0.00815. The second-order valence-electron chi connectivity index (χ2n) is 3.31. The Labute approximate surface area is 85.5 Å². The van der Waals surface area contributed by atoms with Gasteiger partial charge in [0.2, 0.25) is 0 Å². The second kappa shape index (κ2) is 3.76. The third-order valence-corrected chi connectivity index (χ3v) is 3.18. The number of nitrogens with one attached hydrogen (secondary N) is 1. The van der Waals surface area contributed by atoms with Crippen LogP contribution in [0.1, 0.15) is 11.1 Å². The molecule has 0 saturated heterocycles. The van der Waals surface area contributed by atoms with Crippen molar-refractivity contribution in [1.29, 1.82) is 0 Å². The van der Waals surface area contributed by atoms with Crippen LogP contribution in [0.4, 0.5) is 4.39 Å². The van der Waals surface area contributed by atoms with Gasteiger partial charge in [-0.3, -0.25) is 0 Å². The van der Waals surface area contributed by atoms with E-state index in [2.05, 4.69) is 27.3 Å². The van der Waals surface area contributed by atoms with Gasteiger partial charge in [0.15, 0.2) is 0 Å². The number of benzene rings is 1. The summed E-state index contributed by atoms with van der Waals surface area (Å²) in [7, 11) is 0. The lowest BCUT2D eigenvalue weighted by atomic mass is 9.96. The molecule has 0 amide bonds. The topological polar surface area (TPSA) is 12.0 Å². The van der Waals surface area contributed by atoms with Crippen LogP contribution in [0.5, 0.6) is 0 Å². The third kappa shape index (κ3) is 1.76. The van der Waals surface area contributed by atoms with Crippen molar-refractivity contribution in [2.24, 2.45) is 0 Å². The molecule has 0 spiro atoms. The van der Waals surface area contributed by atoms with Gasteiger partial charge in [-0.25, -0.2) is 4.39 Å². The first kappa shape index (κ1) is 9.16. The molecular formula is C10H11BrFN. The molecule has 1 nitrogen and oxygen atoms in total. The zero-order chi connectivity index (χ0) is 9.26. The molecule has 13 heavy (non-hydrogen) atoms. The quantitative estimate of drug-likeness (QED) is 0.800. The second-order valence-corrected chi connectivity index (χ2v) is 4.17. The SMILES string of the molecule is FCC1Cc2c(Br)cccc2CN1. The first-order valence-corrected chi connectivity index (χ1v) is 5.16. The average Bonchev–Trinajstić information content (AvgIpc) is 2.18. The average molecular weight is 244 g/mol. The van der Waals surface area contributed by atoms with Gasteiger partial charge in [0, 0.05) is 17.1 Å². The van der Waals surface area contributed by atoms with Crippen molar-refractivity contribution < 1.29 is 4.39 Å². The molecule has 1 aliphatic rings. The minimum atomic E-state index is -0.291. The maximum atomic E-state index is 12.4. The van der Waals surface area contributed by atoms with Gasteiger partial charge >= 0.3 is 0 Å². The van der Waals surface area contributed by atoms with E-state index in [4.69, 9.17) is 0 Å². The lowest BCUT2D eigenvalue weighted by Crippen LogP contribution is -2.37. The standard InChI is InChI=1S/C10H11BrFN/c11-10-3-1-2-7-6-13-8(5-12)4-9(7)10/h1-3,8,13H,4-6H2. The van der Waals surface area contributed by atoms with Gasteiger partial charge in [0.05, 0.1) is 0 Å². The molecule has 0 saturated carbocycles. The van der Waals surface area contributed by atoms with Crippen LogP contribution in [0.25, 0.3) is 0 Å². The van der Waals surface area contributed by atoms with E-state index in [0.717, 1.165) is 17.4 Å². The molecule has 1 heterocycles. The predicted molar refractivity (Wildman–Crippen MR) is 54.4 cm³/mol. The van der Waals surface area contributed by atoms with Crippen LogP contribution in [0, 0.1) is 0 Å². The number of rotatable bonds is 1. The van der Waals surface area contributed by atoms with Crippen LogP contribution in [-0.2, 0) is 13.0 Å². The highest BCUT2D eigenvalue weighted by Crippen LogP contribution is 2.25. The summed E-state index contributed by atoms with van der Waals surface area (Å²) in [6, 6.07) is 6.10. The monoisotopic (exact) mass is 243 g/mol. The van der Waals surface area contributed by atoms with Gasteiger partial charge in [0.25, 0.3) is 0 Å². The summed E-state index contributed by atoms with van der Waals surface area (Å²) in [5.74, 6) is 0. The van der Waals surface area contributed by atoms with Gasteiger partial charge < -0.3 is 5.32 Å². The zero-order valence-electron chi connectivity index (χ0n) is 7.19. The fourth-order valence-electron chi connectivity index (χ4n) is 1.68. The fraction of sp³-hybridized carbons (Fsp3) is 0.400. The van der Waals surface area contributed by atoms with Gasteiger partial charge in [-0.15, -0.1) is 0 Å². The normalized spacial score (nSPS) is 21.2. The molecule has 0 aromatic heterocycles. The molecule has 1 aliphatic heterocycles. The van der Waals surface area contributed by atoms with Crippen molar-refractivity contribution in [3.63, 3.8) is 0 Å². The Balaban J connectivity index is 2.32. The Hall–Kier alpha value is -0.410. The molecule has 0 fully saturated rings. The molecule has 3 heteroatoms. The molecule has 1 atom stereocenters. The molecule has 0 aliphatic carbocycles. The van der Waals surface area contributed by atoms with Crippen molar-refractivity contribution in [2.75, 3.05) is 6.67 Å². The molecule has 70 valence electrons. The Morgan fingerprint density at radius 3 is 3.15 bits per heavy atom. The number of alkyl halides is 1. The molecule has 0 radical (unpaired) electrons. The van der Waals surface area contributed by atoms with Crippen molar-refractivity contribution in [2.45, 2.75) is 19.0 Å².